The first-order chi connectivity index (χ1) is 6.72. The Balaban J connectivity index is 2.49. The van der Waals surface area contributed by atoms with Crippen molar-refractivity contribution in [3.05, 3.63) is 23.5 Å². The molecule has 1 aliphatic heterocycles. The minimum absolute atomic E-state index is 0.149. The zero-order valence-electron chi connectivity index (χ0n) is 7.53. The van der Waals surface area contributed by atoms with Crippen LogP contribution >= 0.6 is 0 Å². The summed E-state index contributed by atoms with van der Waals surface area (Å²) in [7, 11) is 1.30. The van der Waals surface area contributed by atoms with E-state index in [2.05, 4.69) is 15.0 Å². The predicted octanol–water partition coefficient (Wildman–Crippen LogP) is 0.363. The molecule has 1 amide bonds. The number of anilines is 1. The van der Waals surface area contributed by atoms with Crippen molar-refractivity contribution in [2.45, 2.75) is 6.42 Å². The monoisotopic (exact) mass is 192 g/mol. The Labute approximate surface area is 80.1 Å². The second kappa shape index (κ2) is 3.10. The number of methoxy groups -OCH3 is 1. The Hall–Kier alpha value is -1.91. The Kier molecular flexibility index (Phi) is 1.92. The summed E-state index contributed by atoms with van der Waals surface area (Å²) in [6.07, 6.45) is 1.71. The summed E-state index contributed by atoms with van der Waals surface area (Å²) in [6, 6.07) is 1.52. The Morgan fingerprint density at radius 3 is 3.14 bits per heavy atom. The molecule has 1 aliphatic rings. The smallest absolute Gasteiger partial charge is 0.340 e. The van der Waals surface area contributed by atoms with Crippen molar-refractivity contribution >= 4 is 17.6 Å². The molecular weight excluding hydrogens is 184 g/mol. The number of nitrogens with zero attached hydrogens (tertiary/aromatic N) is 1. The van der Waals surface area contributed by atoms with Gasteiger partial charge in [-0.2, -0.15) is 0 Å². The summed E-state index contributed by atoms with van der Waals surface area (Å²) in [6.45, 7) is 0. The van der Waals surface area contributed by atoms with E-state index in [0.29, 0.717) is 16.9 Å². The molecule has 72 valence electrons. The first-order valence-corrected chi connectivity index (χ1v) is 4.08. The first-order valence-electron chi connectivity index (χ1n) is 4.08. The van der Waals surface area contributed by atoms with Crippen LogP contribution in [-0.4, -0.2) is 24.0 Å². The van der Waals surface area contributed by atoms with Gasteiger partial charge in [-0.25, -0.2) is 4.79 Å². The van der Waals surface area contributed by atoms with Crippen molar-refractivity contribution in [3.63, 3.8) is 0 Å². The number of carbonyl (C=O) groups excluding carboxylic acids is 2. The molecule has 0 aliphatic carbocycles. The highest BCUT2D eigenvalue weighted by Crippen LogP contribution is 2.25. The van der Waals surface area contributed by atoms with Gasteiger partial charge in [-0.15, -0.1) is 0 Å². The summed E-state index contributed by atoms with van der Waals surface area (Å²) in [5.74, 6) is -0.616. The van der Waals surface area contributed by atoms with Crippen LogP contribution < -0.4 is 5.32 Å². The third-order valence-corrected chi connectivity index (χ3v) is 2.03. The van der Waals surface area contributed by atoms with E-state index in [4.69, 9.17) is 0 Å². The van der Waals surface area contributed by atoms with E-state index in [9.17, 15) is 9.59 Å². The standard InChI is InChI=1S/C9H8N2O3/c1-14-9(13)5-2-3-10-6-4-7(12)11-8(5)6/h2-3H,4H2,1H3,(H,11,12). The fourth-order valence-electron chi connectivity index (χ4n) is 1.39. The number of fused-ring (bicyclic) bond motifs is 1. The van der Waals surface area contributed by atoms with Crippen molar-refractivity contribution in [3.8, 4) is 0 Å². The summed E-state index contributed by atoms with van der Waals surface area (Å²) in [5.41, 5.74) is 1.42. The van der Waals surface area contributed by atoms with Gasteiger partial charge < -0.3 is 10.1 Å². The summed E-state index contributed by atoms with van der Waals surface area (Å²) >= 11 is 0. The minimum Gasteiger partial charge on any atom is -0.465 e. The van der Waals surface area contributed by atoms with Crippen LogP contribution in [0.2, 0.25) is 0 Å². The number of aromatic nitrogens is 1. The van der Waals surface area contributed by atoms with Crippen molar-refractivity contribution in [2.24, 2.45) is 0 Å². The van der Waals surface area contributed by atoms with Crippen LogP contribution in [0.1, 0.15) is 16.1 Å². The maximum atomic E-state index is 11.3. The molecule has 14 heavy (non-hydrogen) atoms. The number of esters is 1. The lowest BCUT2D eigenvalue weighted by Crippen LogP contribution is -2.08. The average Bonchev–Trinajstić information content (AvgIpc) is 2.56. The van der Waals surface area contributed by atoms with Gasteiger partial charge in [0.05, 0.1) is 30.5 Å². The predicted molar refractivity (Wildman–Crippen MR) is 47.9 cm³/mol. The zero-order valence-corrected chi connectivity index (χ0v) is 7.53. The Bertz CT molecular complexity index is 415. The van der Waals surface area contributed by atoms with E-state index in [1.54, 1.807) is 0 Å². The molecule has 0 unspecified atom stereocenters. The molecule has 0 atom stereocenters. The van der Waals surface area contributed by atoms with Gasteiger partial charge in [-0.1, -0.05) is 0 Å². The number of hydrogen-bond acceptors (Lipinski definition) is 4. The van der Waals surface area contributed by atoms with Crippen LogP contribution in [0.4, 0.5) is 5.69 Å². The van der Waals surface area contributed by atoms with Crippen LogP contribution in [0.3, 0.4) is 0 Å². The number of pyridine rings is 1. The largest absolute Gasteiger partial charge is 0.465 e. The van der Waals surface area contributed by atoms with E-state index in [1.807, 2.05) is 0 Å². The van der Waals surface area contributed by atoms with Crippen molar-refractivity contribution in [1.82, 2.24) is 4.98 Å². The van der Waals surface area contributed by atoms with Gasteiger partial charge in [-0.3, -0.25) is 9.78 Å². The second-order valence-electron chi connectivity index (χ2n) is 2.90. The van der Waals surface area contributed by atoms with Crippen LogP contribution in [0.25, 0.3) is 0 Å². The van der Waals surface area contributed by atoms with Crippen LogP contribution in [0.15, 0.2) is 12.3 Å². The molecule has 5 heteroatoms. The van der Waals surface area contributed by atoms with Gasteiger partial charge in [0.2, 0.25) is 5.91 Å². The number of ether oxygens (including phenoxy) is 1. The van der Waals surface area contributed by atoms with E-state index in [0.717, 1.165) is 0 Å². The molecule has 1 N–H and O–H groups in total. The van der Waals surface area contributed by atoms with Gasteiger partial charge in [-0.05, 0) is 6.07 Å². The van der Waals surface area contributed by atoms with Crippen LogP contribution in [0, 0.1) is 0 Å². The average molecular weight is 192 g/mol. The Morgan fingerprint density at radius 2 is 2.43 bits per heavy atom. The van der Waals surface area contributed by atoms with Gasteiger partial charge >= 0.3 is 5.97 Å². The van der Waals surface area contributed by atoms with E-state index in [-0.39, 0.29) is 12.3 Å². The highest BCUT2D eigenvalue weighted by molar-refractivity contribution is 6.06. The molecule has 1 aromatic heterocycles. The molecule has 2 heterocycles. The topological polar surface area (TPSA) is 68.3 Å². The van der Waals surface area contributed by atoms with E-state index < -0.39 is 5.97 Å². The number of amides is 1. The van der Waals surface area contributed by atoms with Gasteiger partial charge in [0.25, 0.3) is 0 Å². The molecule has 0 radical (unpaired) electrons. The summed E-state index contributed by atoms with van der Waals surface area (Å²) < 4.78 is 4.58. The van der Waals surface area contributed by atoms with Gasteiger partial charge in [0.15, 0.2) is 0 Å². The molecule has 0 aromatic carbocycles. The fourth-order valence-corrected chi connectivity index (χ4v) is 1.39. The summed E-state index contributed by atoms with van der Waals surface area (Å²) in [4.78, 5) is 26.3. The van der Waals surface area contributed by atoms with Crippen LogP contribution in [-0.2, 0) is 16.0 Å². The van der Waals surface area contributed by atoms with Crippen molar-refractivity contribution < 1.29 is 14.3 Å². The van der Waals surface area contributed by atoms with Crippen molar-refractivity contribution in [2.75, 3.05) is 12.4 Å². The molecular formula is C9H8N2O3. The lowest BCUT2D eigenvalue weighted by atomic mass is 10.2. The zero-order chi connectivity index (χ0) is 10.1. The lowest BCUT2D eigenvalue weighted by molar-refractivity contribution is -0.115. The third kappa shape index (κ3) is 1.22. The molecule has 0 bridgehead atoms. The van der Waals surface area contributed by atoms with Crippen molar-refractivity contribution in [1.29, 1.82) is 0 Å². The highest BCUT2D eigenvalue weighted by Gasteiger charge is 2.24. The van der Waals surface area contributed by atoms with E-state index in [1.165, 1.54) is 19.4 Å². The molecule has 0 spiro atoms. The summed E-state index contributed by atoms with van der Waals surface area (Å²) in [5, 5.41) is 2.58. The van der Waals surface area contributed by atoms with Gasteiger partial charge in [0, 0.05) is 6.20 Å². The normalized spacial score (nSPS) is 13.4. The van der Waals surface area contributed by atoms with Crippen LogP contribution in [0.5, 0.6) is 0 Å². The Morgan fingerprint density at radius 1 is 1.64 bits per heavy atom. The highest BCUT2D eigenvalue weighted by atomic mass is 16.5. The molecule has 0 saturated heterocycles. The number of carbonyl (C=O) groups is 2. The second-order valence-corrected chi connectivity index (χ2v) is 2.90. The molecule has 1 aromatic rings. The molecule has 2 rings (SSSR count). The molecule has 5 nitrogen and oxygen atoms in total. The number of rotatable bonds is 1. The van der Waals surface area contributed by atoms with Gasteiger partial charge in [0.1, 0.15) is 0 Å². The fraction of sp³-hybridized carbons (Fsp3) is 0.222. The minimum atomic E-state index is -0.467. The number of nitrogens with one attached hydrogen (secondary N) is 1. The van der Waals surface area contributed by atoms with E-state index >= 15 is 0 Å². The SMILES string of the molecule is COC(=O)c1ccnc2c1NC(=O)C2. The first kappa shape index (κ1) is 8.68. The number of hydrogen-bond donors (Lipinski definition) is 1. The third-order valence-electron chi connectivity index (χ3n) is 2.03. The molecule has 0 saturated carbocycles. The quantitative estimate of drug-likeness (QED) is 0.652. The maximum absolute atomic E-state index is 11.3. The lowest BCUT2D eigenvalue weighted by Gasteiger charge is -2.04. The maximum Gasteiger partial charge on any atom is 0.340 e. The molecule has 0 fully saturated rings.